The van der Waals surface area contributed by atoms with Gasteiger partial charge in [-0.15, -0.1) is 0 Å². The number of hydrogen-bond acceptors (Lipinski definition) is 1. The number of hydrogen-bond donors (Lipinski definition) is 0. The molecule has 0 aromatic carbocycles. The smallest absolute Gasteiger partial charge is 0.173 e. The molecular weight excluding hydrogens is 341 g/mol. The summed E-state index contributed by atoms with van der Waals surface area (Å²) in [4.78, 5) is 0. The lowest BCUT2D eigenvalue weighted by atomic mass is 11.6. The van der Waals surface area contributed by atoms with E-state index < -0.39 is 40.3 Å². The van der Waals surface area contributed by atoms with Gasteiger partial charge in [-0.05, 0) is 19.6 Å². The largest absolute Gasteiger partial charge is 0.312 e. The lowest BCUT2D eigenvalue weighted by Gasteiger charge is -2.47. The fraction of sp³-hybridized carbons (Fsp3) is 1.00. The molecule has 1 aliphatic rings. The van der Waals surface area contributed by atoms with Crippen molar-refractivity contribution in [1.29, 1.82) is 0 Å². The summed E-state index contributed by atoms with van der Waals surface area (Å²) in [6.07, 6.45) is 1.29. The molecule has 0 aromatic heterocycles. The Kier molecular flexibility index (Phi) is 5.29. The first kappa shape index (κ1) is 20.1. The molecule has 126 valence electrons. The van der Waals surface area contributed by atoms with E-state index in [1.807, 2.05) is 0 Å². The van der Waals surface area contributed by atoms with Crippen LogP contribution in [-0.2, 0) is 0 Å². The zero-order valence-corrected chi connectivity index (χ0v) is 21.4. The maximum Gasteiger partial charge on any atom is 0.173 e. The van der Waals surface area contributed by atoms with Gasteiger partial charge in [-0.2, -0.15) is 0 Å². The predicted octanol–water partition coefficient (Wildman–Crippen LogP) is 5.93. The van der Waals surface area contributed by atoms with Crippen LogP contribution in [0, 0.1) is 0 Å². The van der Waals surface area contributed by atoms with Crippen LogP contribution in [0.15, 0.2) is 4.41 Å². The predicted molar refractivity (Wildman–Crippen MR) is 111 cm³/mol. The normalized spacial score (nSPS) is 28.0. The Morgan fingerprint density at radius 1 is 0.762 bits per heavy atom. The van der Waals surface area contributed by atoms with E-state index in [0.717, 1.165) is 0 Å². The molecule has 8 heteroatoms. The lowest BCUT2D eigenvalue weighted by Crippen LogP contribution is -2.56. The highest BCUT2D eigenvalue weighted by Crippen LogP contribution is 2.75. The maximum absolute atomic E-state index is 5.64. The molecule has 2 unspecified atom stereocenters. The third-order valence-electron chi connectivity index (χ3n) is 3.45. The van der Waals surface area contributed by atoms with Crippen molar-refractivity contribution >= 4 is 40.3 Å². The summed E-state index contributed by atoms with van der Waals surface area (Å²) in [6.45, 7) is 30.0. The second kappa shape index (κ2) is 5.53. The molecule has 0 aromatic rings. The first-order chi connectivity index (χ1) is 8.91. The van der Waals surface area contributed by atoms with Crippen LogP contribution in [0.4, 0.5) is 0 Å². The average Bonchev–Trinajstić information content (AvgIpc) is 2.67. The Morgan fingerprint density at radius 3 is 1.33 bits per heavy atom. The molecule has 2 atom stereocenters. The van der Waals surface area contributed by atoms with Gasteiger partial charge in [0.1, 0.15) is 24.7 Å². The van der Waals surface area contributed by atoms with Crippen LogP contribution in [0.2, 0.25) is 78.6 Å². The highest BCUT2D eigenvalue weighted by Gasteiger charge is 2.59. The second-order valence-electron chi connectivity index (χ2n) is 10.3. The van der Waals surface area contributed by atoms with E-state index in [1.165, 1.54) is 6.29 Å². The summed E-state index contributed by atoms with van der Waals surface area (Å²) in [5.74, 6) is 0. The van der Waals surface area contributed by atoms with Gasteiger partial charge in [0.05, 0.1) is 13.6 Å². The van der Waals surface area contributed by atoms with E-state index in [2.05, 4.69) is 86.9 Å². The molecule has 1 fully saturated rings. The minimum Gasteiger partial charge on any atom is -0.312 e. The van der Waals surface area contributed by atoms with Crippen LogP contribution in [0.5, 0.6) is 0 Å². The molecule has 0 spiro atoms. The van der Waals surface area contributed by atoms with Crippen molar-refractivity contribution < 1.29 is 0 Å². The fourth-order valence-corrected chi connectivity index (χ4v) is 34.4. The molecule has 0 amide bonds. The monoisotopic (exact) mass is 379 g/mol. The van der Waals surface area contributed by atoms with Crippen LogP contribution in [0.1, 0.15) is 0 Å². The maximum atomic E-state index is 5.64. The molecule has 3 nitrogen and oxygen atoms in total. The van der Waals surface area contributed by atoms with Crippen LogP contribution in [0.3, 0.4) is 0 Å². The van der Waals surface area contributed by atoms with Gasteiger partial charge in [-0.3, -0.25) is 4.34 Å². The lowest BCUT2D eigenvalue weighted by molar-refractivity contribution is 0.888. The minimum atomic E-state index is -1.41. The second-order valence-corrected chi connectivity index (χ2v) is 34.1. The summed E-state index contributed by atoms with van der Waals surface area (Å²) >= 11 is 0. The molecule has 1 rings (SSSR count). The van der Waals surface area contributed by atoms with Crippen molar-refractivity contribution in [3.8, 4) is 0 Å². The van der Waals surface area contributed by atoms with Gasteiger partial charge >= 0.3 is 0 Å². The summed E-state index contributed by atoms with van der Waals surface area (Å²) in [5.41, 5.74) is 0. The van der Waals surface area contributed by atoms with E-state index in [-0.39, 0.29) is 0 Å². The van der Waals surface area contributed by atoms with E-state index in [4.69, 9.17) is 4.41 Å². The van der Waals surface area contributed by atoms with Gasteiger partial charge < -0.3 is 8.41 Å². The Hall–Kier alpha value is 1.02. The third kappa shape index (κ3) is 4.75. The van der Waals surface area contributed by atoms with Gasteiger partial charge in [-0.1, -0.05) is 58.9 Å². The molecule has 21 heavy (non-hydrogen) atoms. The van der Waals surface area contributed by atoms with Crippen LogP contribution in [-0.4, -0.2) is 47.6 Å². The van der Waals surface area contributed by atoms with Crippen molar-refractivity contribution in [3.05, 3.63) is 0 Å². The molecule has 0 radical (unpaired) electrons. The third-order valence-corrected chi connectivity index (χ3v) is 25.8. The summed E-state index contributed by atoms with van der Waals surface area (Å²) < 4.78 is 11.6. The van der Waals surface area contributed by atoms with Crippen molar-refractivity contribution in [1.82, 2.24) is 8.34 Å². The Bertz CT molecular complexity index is 438. The van der Waals surface area contributed by atoms with Gasteiger partial charge in [0.2, 0.25) is 0 Å². The topological polar surface area (TPSA) is 18.6 Å². The first-order valence-corrected chi connectivity index (χ1v) is 23.7. The van der Waals surface area contributed by atoms with E-state index >= 15 is 0 Å². The van der Waals surface area contributed by atoms with Crippen molar-refractivity contribution in [2.45, 2.75) is 78.6 Å². The quantitative estimate of drug-likeness (QED) is 0.335. The van der Waals surface area contributed by atoms with Crippen molar-refractivity contribution in [3.63, 3.8) is 0 Å². The highest BCUT2D eigenvalue weighted by molar-refractivity contribution is 7.75. The number of nitrogens with zero attached hydrogens (tertiary/aromatic N) is 3. The zero-order chi connectivity index (χ0) is 17.1. The zero-order valence-electron chi connectivity index (χ0n) is 16.5. The molecular formula is C13H38N3PSi4. The fourth-order valence-electron chi connectivity index (χ4n) is 3.59. The van der Waals surface area contributed by atoms with Crippen LogP contribution >= 0.6 is 7.36 Å². The molecule has 0 N–H and O–H groups in total. The highest BCUT2D eigenvalue weighted by atomic mass is 31.2. The Labute approximate surface area is 138 Å². The summed E-state index contributed by atoms with van der Waals surface area (Å²) in [6, 6.07) is 0. The Morgan fingerprint density at radius 2 is 1.14 bits per heavy atom. The molecule has 0 aliphatic carbocycles. The van der Waals surface area contributed by atoms with Gasteiger partial charge in [0.15, 0.2) is 8.24 Å². The van der Waals surface area contributed by atoms with Crippen molar-refractivity contribution in [2.75, 3.05) is 6.29 Å². The molecule has 1 heterocycles. The SMILES string of the molecule is C[Si](C)(C)N=P1(N([Si](C)(C)C)[Si](C)(C)C)CN1[Si](C)(C)C. The van der Waals surface area contributed by atoms with Gasteiger partial charge in [0.25, 0.3) is 0 Å². The van der Waals surface area contributed by atoms with Crippen molar-refractivity contribution in [2.24, 2.45) is 4.41 Å². The summed E-state index contributed by atoms with van der Waals surface area (Å²) in [5, 5.41) is 0. The molecule has 0 saturated carbocycles. The standard InChI is InChI=1S/C13H38N3PSi4/c1-18(2,3)14-17(13-15(17)19(4,5)6)16(20(7,8)9)21(10,11)12/h13H2,1-12H3. The van der Waals surface area contributed by atoms with Gasteiger partial charge in [0, 0.05) is 0 Å². The molecule has 1 aliphatic heterocycles. The van der Waals surface area contributed by atoms with E-state index in [1.54, 1.807) is 0 Å². The minimum absolute atomic E-state index is 1.27. The molecule has 1 saturated heterocycles. The van der Waals surface area contributed by atoms with Crippen LogP contribution in [0.25, 0.3) is 0 Å². The average molecular weight is 380 g/mol. The van der Waals surface area contributed by atoms with Gasteiger partial charge in [-0.25, -0.2) is 0 Å². The Balaban J connectivity index is 3.51. The van der Waals surface area contributed by atoms with E-state index in [0.29, 0.717) is 0 Å². The first-order valence-electron chi connectivity index (χ1n) is 8.13. The summed E-state index contributed by atoms with van der Waals surface area (Å²) in [7, 11) is -6.76. The molecule has 0 bridgehead atoms. The van der Waals surface area contributed by atoms with Crippen LogP contribution < -0.4 is 0 Å². The number of rotatable bonds is 5. The van der Waals surface area contributed by atoms with E-state index in [9.17, 15) is 0 Å².